The number of nitrogens with zero attached hydrogens (tertiary/aromatic N) is 2. The van der Waals surface area contributed by atoms with E-state index in [9.17, 15) is 0 Å². The van der Waals surface area contributed by atoms with Crippen LogP contribution in [0.15, 0.2) is 28.8 Å². The van der Waals surface area contributed by atoms with Crippen molar-refractivity contribution in [1.82, 2.24) is 10.1 Å². The summed E-state index contributed by atoms with van der Waals surface area (Å²) in [6.07, 6.45) is 0. The maximum atomic E-state index is 5.12. The van der Waals surface area contributed by atoms with Crippen molar-refractivity contribution >= 4 is 0 Å². The Morgan fingerprint density at radius 1 is 1.40 bits per heavy atom. The second kappa shape index (κ2) is 4.23. The Morgan fingerprint density at radius 2 is 2.27 bits per heavy atom. The van der Waals surface area contributed by atoms with Gasteiger partial charge in [0, 0.05) is 12.7 Å². The second-order valence-electron chi connectivity index (χ2n) is 3.32. The van der Waals surface area contributed by atoms with E-state index in [1.165, 1.54) is 5.56 Å². The third kappa shape index (κ3) is 2.22. The molecule has 4 heteroatoms. The number of ether oxygens (including phenoxy) is 1. The molecule has 0 aliphatic heterocycles. The van der Waals surface area contributed by atoms with Crippen LogP contribution < -0.4 is 0 Å². The molecule has 0 unspecified atom stereocenters. The topological polar surface area (TPSA) is 48.2 Å². The standard InChI is InChI=1S/C11H12N2O2/c1-8-4-3-5-9(6-8)11-12-10(7-14-2)13-15-11/h3-6H,7H2,1-2H3. The van der Waals surface area contributed by atoms with E-state index in [1.807, 2.05) is 31.2 Å². The van der Waals surface area contributed by atoms with Crippen LogP contribution in [0.25, 0.3) is 11.5 Å². The Labute approximate surface area is 87.9 Å². The lowest BCUT2D eigenvalue weighted by molar-refractivity contribution is 0.174. The highest BCUT2D eigenvalue weighted by Crippen LogP contribution is 2.18. The van der Waals surface area contributed by atoms with Gasteiger partial charge in [-0.25, -0.2) is 0 Å². The number of hydrogen-bond donors (Lipinski definition) is 0. The van der Waals surface area contributed by atoms with Gasteiger partial charge in [0.05, 0.1) is 0 Å². The molecule has 0 bridgehead atoms. The van der Waals surface area contributed by atoms with Crippen molar-refractivity contribution in [2.45, 2.75) is 13.5 Å². The normalized spacial score (nSPS) is 10.5. The lowest BCUT2D eigenvalue weighted by atomic mass is 10.1. The monoisotopic (exact) mass is 204 g/mol. The zero-order valence-electron chi connectivity index (χ0n) is 8.73. The summed E-state index contributed by atoms with van der Waals surface area (Å²) in [6.45, 7) is 2.39. The molecule has 1 aromatic heterocycles. The first-order valence-corrected chi connectivity index (χ1v) is 4.68. The third-order valence-corrected chi connectivity index (χ3v) is 2.01. The highest BCUT2D eigenvalue weighted by Gasteiger charge is 2.07. The molecule has 0 spiro atoms. The predicted octanol–water partition coefficient (Wildman–Crippen LogP) is 2.19. The number of methoxy groups -OCH3 is 1. The van der Waals surface area contributed by atoms with Crippen molar-refractivity contribution in [3.8, 4) is 11.5 Å². The van der Waals surface area contributed by atoms with E-state index in [4.69, 9.17) is 9.26 Å². The van der Waals surface area contributed by atoms with Gasteiger partial charge in [-0.1, -0.05) is 22.9 Å². The largest absolute Gasteiger partial charge is 0.377 e. The Kier molecular flexibility index (Phi) is 2.78. The van der Waals surface area contributed by atoms with E-state index in [2.05, 4.69) is 10.1 Å². The summed E-state index contributed by atoms with van der Waals surface area (Å²) in [4.78, 5) is 4.21. The summed E-state index contributed by atoms with van der Waals surface area (Å²) in [7, 11) is 1.60. The third-order valence-electron chi connectivity index (χ3n) is 2.01. The molecule has 1 aromatic carbocycles. The fourth-order valence-electron chi connectivity index (χ4n) is 1.34. The van der Waals surface area contributed by atoms with E-state index >= 15 is 0 Å². The molecular formula is C11H12N2O2. The smallest absolute Gasteiger partial charge is 0.258 e. The maximum absolute atomic E-state index is 5.12. The number of aryl methyl sites for hydroxylation is 1. The van der Waals surface area contributed by atoms with Gasteiger partial charge in [0.15, 0.2) is 5.82 Å². The molecule has 2 rings (SSSR count). The van der Waals surface area contributed by atoms with Crippen molar-refractivity contribution in [2.75, 3.05) is 7.11 Å². The molecule has 2 aromatic rings. The Bertz CT molecular complexity index is 451. The summed E-state index contributed by atoms with van der Waals surface area (Å²) in [5, 5.41) is 3.80. The molecule has 0 saturated heterocycles. The van der Waals surface area contributed by atoms with Gasteiger partial charge in [-0.05, 0) is 19.1 Å². The summed E-state index contributed by atoms with van der Waals surface area (Å²) < 4.78 is 10.0. The summed E-state index contributed by atoms with van der Waals surface area (Å²) >= 11 is 0. The van der Waals surface area contributed by atoms with E-state index in [-0.39, 0.29) is 0 Å². The average Bonchev–Trinajstić information content (AvgIpc) is 2.67. The first-order chi connectivity index (χ1) is 7.29. The summed E-state index contributed by atoms with van der Waals surface area (Å²) in [5.41, 5.74) is 2.10. The van der Waals surface area contributed by atoms with Crippen LogP contribution in [0.4, 0.5) is 0 Å². The number of aromatic nitrogens is 2. The van der Waals surface area contributed by atoms with Crippen molar-refractivity contribution in [3.63, 3.8) is 0 Å². The minimum absolute atomic E-state index is 0.370. The van der Waals surface area contributed by atoms with Crippen molar-refractivity contribution in [1.29, 1.82) is 0 Å². The van der Waals surface area contributed by atoms with Crippen LogP contribution in [-0.4, -0.2) is 17.3 Å². The number of rotatable bonds is 3. The lowest BCUT2D eigenvalue weighted by Crippen LogP contribution is -1.89. The predicted molar refractivity (Wildman–Crippen MR) is 55.2 cm³/mol. The molecule has 0 radical (unpaired) electrons. The first-order valence-electron chi connectivity index (χ1n) is 4.68. The zero-order chi connectivity index (χ0) is 10.7. The van der Waals surface area contributed by atoms with Crippen LogP contribution in [0.5, 0.6) is 0 Å². The highest BCUT2D eigenvalue weighted by atomic mass is 16.5. The van der Waals surface area contributed by atoms with Gasteiger partial charge in [-0.15, -0.1) is 0 Å². The maximum Gasteiger partial charge on any atom is 0.258 e. The van der Waals surface area contributed by atoms with Gasteiger partial charge in [0.25, 0.3) is 5.89 Å². The van der Waals surface area contributed by atoms with Crippen molar-refractivity contribution < 1.29 is 9.26 Å². The Hall–Kier alpha value is -1.68. The van der Waals surface area contributed by atoms with E-state index in [0.717, 1.165) is 5.56 Å². The Morgan fingerprint density at radius 3 is 3.00 bits per heavy atom. The van der Waals surface area contributed by atoms with Gasteiger partial charge in [-0.3, -0.25) is 0 Å². The molecule has 4 nitrogen and oxygen atoms in total. The van der Waals surface area contributed by atoms with Crippen LogP contribution >= 0.6 is 0 Å². The van der Waals surface area contributed by atoms with Crippen LogP contribution in [0.2, 0.25) is 0 Å². The molecule has 78 valence electrons. The van der Waals surface area contributed by atoms with Crippen molar-refractivity contribution in [2.24, 2.45) is 0 Å². The second-order valence-corrected chi connectivity index (χ2v) is 3.32. The minimum Gasteiger partial charge on any atom is -0.377 e. The Balaban J connectivity index is 2.29. The van der Waals surface area contributed by atoms with E-state index in [0.29, 0.717) is 18.3 Å². The van der Waals surface area contributed by atoms with Crippen LogP contribution in [0.1, 0.15) is 11.4 Å². The summed E-state index contributed by atoms with van der Waals surface area (Å²) in [5.74, 6) is 1.10. The molecule has 15 heavy (non-hydrogen) atoms. The molecule has 0 atom stereocenters. The zero-order valence-corrected chi connectivity index (χ0v) is 8.73. The van der Waals surface area contributed by atoms with Crippen LogP contribution in [-0.2, 0) is 11.3 Å². The van der Waals surface area contributed by atoms with Gasteiger partial charge < -0.3 is 9.26 Å². The highest BCUT2D eigenvalue weighted by molar-refractivity contribution is 5.53. The molecule has 0 N–H and O–H groups in total. The van der Waals surface area contributed by atoms with Gasteiger partial charge in [0.2, 0.25) is 0 Å². The molecule has 0 aliphatic rings. The van der Waals surface area contributed by atoms with E-state index < -0.39 is 0 Å². The van der Waals surface area contributed by atoms with Crippen LogP contribution in [0.3, 0.4) is 0 Å². The van der Waals surface area contributed by atoms with Gasteiger partial charge in [-0.2, -0.15) is 4.98 Å². The number of hydrogen-bond acceptors (Lipinski definition) is 4. The van der Waals surface area contributed by atoms with E-state index in [1.54, 1.807) is 7.11 Å². The fourth-order valence-corrected chi connectivity index (χ4v) is 1.34. The first kappa shape index (κ1) is 9.86. The molecule has 0 saturated carbocycles. The summed E-state index contributed by atoms with van der Waals surface area (Å²) in [6, 6.07) is 7.93. The average molecular weight is 204 g/mol. The molecule has 0 aliphatic carbocycles. The fraction of sp³-hybridized carbons (Fsp3) is 0.273. The number of benzene rings is 1. The molecule has 0 amide bonds. The molecular weight excluding hydrogens is 192 g/mol. The quantitative estimate of drug-likeness (QED) is 0.768. The molecule has 1 heterocycles. The molecule has 0 fully saturated rings. The lowest BCUT2D eigenvalue weighted by Gasteiger charge is -1.94. The SMILES string of the molecule is COCc1noc(-c2cccc(C)c2)n1. The van der Waals surface area contributed by atoms with Crippen molar-refractivity contribution in [3.05, 3.63) is 35.7 Å². The minimum atomic E-state index is 0.370. The van der Waals surface area contributed by atoms with Gasteiger partial charge >= 0.3 is 0 Å². The van der Waals surface area contributed by atoms with Gasteiger partial charge in [0.1, 0.15) is 6.61 Å². The van der Waals surface area contributed by atoms with Crippen LogP contribution in [0, 0.1) is 6.92 Å².